The molecule has 0 spiro atoms. The van der Waals surface area contributed by atoms with E-state index in [0.29, 0.717) is 0 Å². The molecule has 2 nitrogen and oxygen atoms in total. The first-order chi connectivity index (χ1) is 9.11. The minimum absolute atomic E-state index is 0.833. The van der Waals surface area contributed by atoms with E-state index in [9.17, 15) is 0 Å². The smallest absolute Gasteiger partial charge is 0.0234 e. The van der Waals surface area contributed by atoms with Gasteiger partial charge < -0.3 is 4.90 Å². The third-order valence-electron chi connectivity index (χ3n) is 3.16. The zero-order chi connectivity index (χ0) is 14.1. The van der Waals surface area contributed by atoms with Crippen molar-refractivity contribution in [2.45, 2.75) is 34.2 Å². The predicted molar refractivity (Wildman–Crippen MR) is 84.3 cm³/mol. The SMILES string of the molecule is CC(C)C.CCN1CCN(Cc2ccccc2)CC1. The van der Waals surface area contributed by atoms with Crippen LogP contribution in [0.5, 0.6) is 0 Å². The predicted octanol–water partition coefficient (Wildman–Crippen LogP) is 3.49. The number of rotatable bonds is 3. The molecule has 1 aliphatic heterocycles. The van der Waals surface area contributed by atoms with Gasteiger partial charge in [-0.2, -0.15) is 0 Å². The summed E-state index contributed by atoms with van der Waals surface area (Å²) in [5, 5.41) is 0. The highest BCUT2D eigenvalue weighted by atomic mass is 15.3. The van der Waals surface area contributed by atoms with Crippen LogP contribution in [0.25, 0.3) is 0 Å². The van der Waals surface area contributed by atoms with Gasteiger partial charge in [0.25, 0.3) is 0 Å². The fraction of sp³-hybridized carbons (Fsp3) is 0.647. The van der Waals surface area contributed by atoms with E-state index in [-0.39, 0.29) is 0 Å². The molecular weight excluding hydrogens is 232 g/mol. The van der Waals surface area contributed by atoms with Gasteiger partial charge in [0.15, 0.2) is 0 Å². The highest BCUT2D eigenvalue weighted by Gasteiger charge is 2.14. The molecule has 1 aliphatic rings. The highest BCUT2D eigenvalue weighted by Crippen LogP contribution is 2.07. The Morgan fingerprint density at radius 1 is 0.895 bits per heavy atom. The molecular formula is C17H30N2. The average molecular weight is 262 g/mol. The van der Waals surface area contributed by atoms with E-state index in [4.69, 9.17) is 0 Å². The molecule has 0 atom stereocenters. The lowest BCUT2D eigenvalue weighted by atomic mass is 10.2. The van der Waals surface area contributed by atoms with Gasteiger partial charge in [0.1, 0.15) is 0 Å². The molecule has 0 N–H and O–H groups in total. The number of nitrogens with zero attached hydrogens (tertiary/aromatic N) is 2. The first-order valence-electron chi connectivity index (χ1n) is 7.60. The van der Waals surface area contributed by atoms with Crippen LogP contribution in [0.1, 0.15) is 33.3 Å². The first-order valence-corrected chi connectivity index (χ1v) is 7.60. The molecule has 1 aromatic rings. The quantitative estimate of drug-likeness (QED) is 0.823. The summed E-state index contributed by atoms with van der Waals surface area (Å²) in [4.78, 5) is 5.06. The van der Waals surface area contributed by atoms with Gasteiger partial charge in [0.2, 0.25) is 0 Å². The summed E-state index contributed by atoms with van der Waals surface area (Å²) in [6.45, 7) is 15.9. The Balaban J connectivity index is 0.000000399. The largest absolute Gasteiger partial charge is 0.301 e. The van der Waals surface area contributed by atoms with E-state index in [1.165, 1.54) is 38.3 Å². The normalized spacial score (nSPS) is 17.1. The van der Waals surface area contributed by atoms with Crippen molar-refractivity contribution in [3.05, 3.63) is 35.9 Å². The van der Waals surface area contributed by atoms with Crippen LogP contribution in [0.4, 0.5) is 0 Å². The van der Waals surface area contributed by atoms with Gasteiger partial charge in [0, 0.05) is 32.7 Å². The maximum absolute atomic E-state index is 2.54. The van der Waals surface area contributed by atoms with Gasteiger partial charge in [-0.05, 0) is 18.0 Å². The standard InChI is InChI=1S/C13H20N2.C4H10/c1-2-14-8-10-15(11-9-14)12-13-6-4-3-5-7-13;1-4(2)3/h3-7H,2,8-12H2,1H3;4H,1-3H3. The van der Waals surface area contributed by atoms with Crippen LogP contribution in [-0.2, 0) is 6.54 Å². The Bertz CT molecular complexity index is 311. The first kappa shape index (κ1) is 16.2. The molecule has 0 aliphatic carbocycles. The second kappa shape index (κ2) is 9.11. The third kappa shape index (κ3) is 7.34. The zero-order valence-electron chi connectivity index (χ0n) is 13.1. The summed E-state index contributed by atoms with van der Waals surface area (Å²) in [5.41, 5.74) is 1.43. The van der Waals surface area contributed by atoms with E-state index >= 15 is 0 Å². The summed E-state index contributed by atoms with van der Waals surface area (Å²) in [6, 6.07) is 10.8. The van der Waals surface area contributed by atoms with Gasteiger partial charge in [-0.25, -0.2) is 0 Å². The molecule has 19 heavy (non-hydrogen) atoms. The summed E-state index contributed by atoms with van der Waals surface area (Å²) in [7, 11) is 0. The Morgan fingerprint density at radius 2 is 1.37 bits per heavy atom. The Labute approximate surface area is 119 Å². The summed E-state index contributed by atoms with van der Waals surface area (Å²) in [6.07, 6.45) is 0. The zero-order valence-corrected chi connectivity index (χ0v) is 13.1. The topological polar surface area (TPSA) is 6.48 Å². The molecule has 0 amide bonds. The van der Waals surface area contributed by atoms with Crippen LogP contribution in [0.2, 0.25) is 0 Å². The molecule has 0 saturated carbocycles. The second-order valence-corrected chi connectivity index (χ2v) is 5.93. The van der Waals surface area contributed by atoms with E-state index in [1.807, 2.05) is 0 Å². The van der Waals surface area contributed by atoms with Crippen LogP contribution >= 0.6 is 0 Å². The lowest BCUT2D eigenvalue weighted by Gasteiger charge is -2.34. The van der Waals surface area contributed by atoms with Crippen molar-refractivity contribution in [2.24, 2.45) is 5.92 Å². The minimum Gasteiger partial charge on any atom is -0.301 e. The van der Waals surface area contributed by atoms with Crippen LogP contribution in [-0.4, -0.2) is 42.5 Å². The highest BCUT2D eigenvalue weighted by molar-refractivity contribution is 5.14. The van der Waals surface area contributed by atoms with Crippen molar-refractivity contribution in [1.82, 2.24) is 9.80 Å². The molecule has 2 rings (SSSR count). The van der Waals surface area contributed by atoms with E-state index in [2.05, 4.69) is 67.8 Å². The lowest BCUT2D eigenvalue weighted by Crippen LogP contribution is -2.45. The van der Waals surface area contributed by atoms with Gasteiger partial charge in [0.05, 0.1) is 0 Å². The number of benzene rings is 1. The average Bonchev–Trinajstić information content (AvgIpc) is 2.40. The monoisotopic (exact) mass is 262 g/mol. The Hall–Kier alpha value is -0.860. The fourth-order valence-corrected chi connectivity index (χ4v) is 2.11. The van der Waals surface area contributed by atoms with E-state index < -0.39 is 0 Å². The van der Waals surface area contributed by atoms with Gasteiger partial charge >= 0.3 is 0 Å². The fourth-order valence-electron chi connectivity index (χ4n) is 2.11. The Kier molecular flexibility index (Phi) is 7.76. The van der Waals surface area contributed by atoms with E-state index in [1.54, 1.807) is 0 Å². The van der Waals surface area contributed by atoms with Crippen molar-refractivity contribution in [3.63, 3.8) is 0 Å². The van der Waals surface area contributed by atoms with E-state index in [0.717, 1.165) is 12.5 Å². The lowest BCUT2D eigenvalue weighted by molar-refractivity contribution is 0.132. The summed E-state index contributed by atoms with van der Waals surface area (Å²) >= 11 is 0. The van der Waals surface area contributed by atoms with Crippen LogP contribution < -0.4 is 0 Å². The second-order valence-electron chi connectivity index (χ2n) is 5.93. The number of hydrogen-bond acceptors (Lipinski definition) is 2. The van der Waals surface area contributed by atoms with Gasteiger partial charge in [-0.3, -0.25) is 4.90 Å². The molecule has 1 saturated heterocycles. The van der Waals surface area contributed by atoms with Crippen molar-refractivity contribution in [2.75, 3.05) is 32.7 Å². The van der Waals surface area contributed by atoms with Crippen molar-refractivity contribution in [3.8, 4) is 0 Å². The van der Waals surface area contributed by atoms with Crippen LogP contribution in [0.15, 0.2) is 30.3 Å². The van der Waals surface area contributed by atoms with Crippen LogP contribution in [0.3, 0.4) is 0 Å². The summed E-state index contributed by atoms with van der Waals surface area (Å²) < 4.78 is 0. The van der Waals surface area contributed by atoms with Crippen molar-refractivity contribution in [1.29, 1.82) is 0 Å². The molecule has 1 aromatic carbocycles. The maximum atomic E-state index is 2.54. The molecule has 1 fully saturated rings. The Morgan fingerprint density at radius 3 is 1.84 bits per heavy atom. The number of likely N-dealkylation sites (N-methyl/N-ethyl adjacent to an activating group) is 1. The van der Waals surface area contributed by atoms with Crippen molar-refractivity contribution >= 4 is 0 Å². The molecule has 0 bridgehead atoms. The molecule has 2 heteroatoms. The summed E-state index contributed by atoms with van der Waals surface area (Å²) in [5.74, 6) is 0.833. The number of piperazine rings is 1. The minimum atomic E-state index is 0.833. The maximum Gasteiger partial charge on any atom is 0.0234 e. The molecule has 0 radical (unpaired) electrons. The molecule has 108 valence electrons. The molecule has 0 aromatic heterocycles. The third-order valence-corrected chi connectivity index (χ3v) is 3.16. The van der Waals surface area contributed by atoms with Crippen molar-refractivity contribution < 1.29 is 0 Å². The molecule has 0 unspecified atom stereocenters. The number of hydrogen-bond donors (Lipinski definition) is 0. The van der Waals surface area contributed by atoms with Gasteiger partial charge in [-0.1, -0.05) is 58.0 Å². The van der Waals surface area contributed by atoms with Gasteiger partial charge in [-0.15, -0.1) is 0 Å². The molecule has 1 heterocycles. The van der Waals surface area contributed by atoms with Crippen LogP contribution in [0, 0.1) is 5.92 Å².